The number of carboxylic acids is 1. The van der Waals surface area contributed by atoms with E-state index in [2.05, 4.69) is 12.2 Å². The Hall–Kier alpha value is -0.440. The second-order valence-corrected chi connectivity index (χ2v) is 2.98. The first kappa shape index (κ1) is 9.56. The molecular formula is C7H12O2S. The van der Waals surface area contributed by atoms with E-state index >= 15 is 0 Å². The highest BCUT2D eigenvalue weighted by atomic mass is 32.1. The van der Waals surface area contributed by atoms with Crippen LogP contribution in [0.25, 0.3) is 0 Å². The molecule has 0 aliphatic rings. The van der Waals surface area contributed by atoms with Crippen LogP contribution in [0.5, 0.6) is 0 Å². The minimum Gasteiger partial charge on any atom is -0.481 e. The molecule has 3 heteroatoms. The third kappa shape index (κ3) is 3.56. The van der Waals surface area contributed by atoms with Crippen LogP contribution < -0.4 is 0 Å². The molecule has 0 aromatic carbocycles. The van der Waals surface area contributed by atoms with Crippen LogP contribution in [0.3, 0.4) is 0 Å². The van der Waals surface area contributed by atoms with Crippen molar-refractivity contribution in [3.63, 3.8) is 0 Å². The van der Waals surface area contributed by atoms with Gasteiger partial charge in [0, 0.05) is 0 Å². The van der Waals surface area contributed by atoms with Crippen molar-refractivity contribution in [1.82, 2.24) is 0 Å². The average molecular weight is 160 g/mol. The Morgan fingerprint density at radius 2 is 2.20 bits per heavy atom. The van der Waals surface area contributed by atoms with Gasteiger partial charge in [-0.15, -0.1) is 0 Å². The summed E-state index contributed by atoms with van der Waals surface area (Å²) in [6.45, 7) is 3.96. The highest BCUT2D eigenvalue weighted by molar-refractivity contribution is 7.79. The Balaban J connectivity index is 3.83. The fourth-order valence-electron chi connectivity index (χ4n) is 0.722. The molecule has 1 unspecified atom stereocenters. The minimum absolute atomic E-state index is 0.389. The molecule has 2 nitrogen and oxygen atoms in total. The molecule has 0 aliphatic carbocycles. The van der Waals surface area contributed by atoms with Gasteiger partial charge in [0.15, 0.2) is 0 Å². The SMILES string of the molecule is CC(C)CC(C=S)C(=O)O. The molecule has 0 aliphatic heterocycles. The molecule has 0 amide bonds. The van der Waals surface area contributed by atoms with E-state index in [1.165, 1.54) is 5.37 Å². The molecule has 10 heavy (non-hydrogen) atoms. The molecule has 0 fully saturated rings. The van der Waals surface area contributed by atoms with Crippen LogP contribution >= 0.6 is 12.2 Å². The summed E-state index contributed by atoms with van der Waals surface area (Å²) < 4.78 is 0. The summed E-state index contributed by atoms with van der Waals surface area (Å²) in [6, 6.07) is 0. The first-order valence-electron chi connectivity index (χ1n) is 3.26. The first-order valence-corrected chi connectivity index (χ1v) is 3.73. The number of aliphatic carboxylic acids is 1. The smallest absolute Gasteiger partial charge is 0.311 e. The van der Waals surface area contributed by atoms with Gasteiger partial charge in [-0.05, 0) is 17.7 Å². The standard InChI is InChI=1S/C7H12O2S/c1-5(2)3-6(4-10)7(8)9/h4-6H,3H2,1-2H3,(H,8,9). The van der Waals surface area contributed by atoms with E-state index in [4.69, 9.17) is 5.11 Å². The molecule has 1 N–H and O–H groups in total. The van der Waals surface area contributed by atoms with Crippen LogP contribution in [0.1, 0.15) is 20.3 Å². The number of rotatable bonds is 4. The molecular weight excluding hydrogens is 148 g/mol. The van der Waals surface area contributed by atoms with E-state index in [9.17, 15) is 4.79 Å². The number of thiocarbonyl (C=S) groups is 1. The molecule has 0 radical (unpaired) electrons. The third-order valence-electron chi connectivity index (χ3n) is 1.21. The quantitative estimate of drug-likeness (QED) is 0.636. The lowest BCUT2D eigenvalue weighted by molar-refractivity contribution is -0.139. The zero-order chi connectivity index (χ0) is 8.15. The predicted molar refractivity (Wildman–Crippen MR) is 44.2 cm³/mol. The van der Waals surface area contributed by atoms with E-state index < -0.39 is 11.9 Å². The highest BCUT2D eigenvalue weighted by Gasteiger charge is 2.14. The number of carboxylic acid groups (broad SMARTS) is 1. The van der Waals surface area contributed by atoms with Crippen LogP contribution in [-0.4, -0.2) is 16.4 Å². The lowest BCUT2D eigenvalue weighted by Gasteiger charge is -2.07. The van der Waals surface area contributed by atoms with Gasteiger partial charge in [0.2, 0.25) is 0 Å². The van der Waals surface area contributed by atoms with Crippen LogP contribution in [0.15, 0.2) is 0 Å². The zero-order valence-corrected chi connectivity index (χ0v) is 7.02. The average Bonchev–Trinajstić information content (AvgIpc) is 1.81. The molecule has 58 valence electrons. The van der Waals surface area contributed by atoms with Crippen molar-refractivity contribution in [3.8, 4) is 0 Å². The molecule has 0 rings (SSSR count). The maximum absolute atomic E-state index is 10.4. The van der Waals surface area contributed by atoms with E-state index in [-0.39, 0.29) is 0 Å². The highest BCUT2D eigenvalue weighted by Crippen LogP contribution is 2.09. The predicted octanol–water partition coefficient (Wildman–Crippen LogP) is 1.73. The van der Waals surface area contributed by atoms with Crippen molar-refractivity contribution >= 4 is 23.6 Å². The molecule has 0 saturated heterocycles. The second kappa shape index (κ2) is 4.39. The van der Waals surface area contributed by atoms with E-state index in [1.807, 2.05) is 13.8 Å². The van der Waals surface area contributed by atoms with Crippen molar-refractivity contribution < 1.29 is 9.90 Å². The number of carbonyl (C=O) groups is 1. The summed E-state index contributed by atoms with van der Waals surface area (Å²) in [5.74, 6) is -0.876. The summed E-state index contributed by atoms with van der Waals surface area (Å²) in [6.07, 6.45) is 0.638. The summed E-state index contributed by atoms with van der Waals surface area (Å²) in [4.78, 5) is 10.4. The lowest BCUT2D eigenvalue weighted by Crippen LogP contribution is -2.16. The topological polar surface area (TPSA) is 37.3 Å². The Morgan fingerprint density at radius 3 is 2.30 bits per heavy atom. The maximum atomic E-state index is 10.4. The zero-order valence-electron chi connectivity index (χ0n) is 6.20. The van der Waals surface area contributed by atoms with Crippen LogP contribution in [0.4, 0.5) is 0 Å². The van der Waals surface area contributed by atoms with Gasteiger partial charge in [0.1, 0.15) is 0 Å². The fraction of sp³-hybridized carbons (Fsp3) is 0.714. The second-order valence-electron chi connectivity index (χ2n) is 2.71. The summed E-state index contributed by atoms with van der Waals surface area (Å²) in [5, 5.41) is 9.85. The molecule has 0 aromatic rings. The Bertz CT molecular complexity index is 132. The minimum atomic E-state index is -0.816. The molecule has 0 saturated carbocycles. The molecule has 0 spiro atoms. The molecule has 1 atom stereocenters. The van der Waals surface area contributed by atoms with Gasteiger partial charge in [-0.25, -0.2) is 0 Å². The normalized spacial score (nSPS) is 13.1. The third-order valence-corrected chi connectivity index (χ3v) is 1.54. The van der Waals surface area contributed by atoms with Gasteiger partial charge in [0.05, 0.1) is 5.92 Å². The van der Waals surface area contributed by atoms with Gasteiger partial charge in [-0.1, -0.05) is 26.1 Å². The van der Waals surface area contributed by atoms with Crippen LogP contribution in [-0.2, 0) is 4.79 Å². The molecule has 0 heterocycles. The lowest BCUT2D eigenvalue weighted by atomic mass is 9.99. The largest absolute Gasteiger partial charge is 0.481 e. The number of hydrogen-bond acceptors (Lipinski definition) is 2. The Kier molecular flexibility index (Phi) is 4.19. The van der Waals surface area contributed by atoms with Gasteiger partial charge in [-0.2, -0.15) is 0 Å². The van der Waals surface area contributed by atoms with Gasteiger partial charge in [0.25, 0.3) is 0 Å². The maximum Gasteiger partial charge on any atom is 0.311 e. The Labute approximate surface area is 66.2 Å². The number of hydrogen-bond donors (Lipinski definition) is 1. The Morgan fingerprint density at radius 1 is 1.70 bits per heavy atom. The summed E-state index contributed by atoms with van der Waals surface area (Å²) in [7, 11) is 0. The van der Waals surface area contributed by atoms with Crippen molar-refractivity contribution in [1.29, 1.82) is 0 Å². The molecule has 0 bridgehead atoms. The van der Waals surface area contributed by atoms with Crippen molar-refractivity contribution in [2.24, 2.45) is 11.8 Å². The van der Waals surface area contributed by atoms with Gasteiger partial charge < -0.3 is 5.11 Å². The summed E-state index contributed by atoms with van der Waals surface area (Å²) >= 11 is 4.56. The van der Waals surface area contributed by atoms with Gasteiger partial charge in [-0.3, -0.25) is 4.79 Å². The molecule has 0 aromatic heterocycles. The van der Waals surface area contributed by atoms with Crippen LogP contribution in [0, 0.1) is 11.8 Å². The fourth-order valence-corrected chi connectivity index (χ4v) is 0.950. The monoisotopic (exact) mass is 160 g/mol. The van der Waals surface area contributed by atoms with Crippen molar-refractivity contribution in [2.45, 2.75) is 20.3 Å². The van der Waals surface area contributed by atoms with Crippen molar-refractivity contribution in [2.75, 3.05) is 0 Å². The van der Waals surface area contributed by atoms with Crippen LogP contribution in [0.2, 0.25) is 0 Å². The first-order chi connectivity index (χ1) is 4.57. The summed E-state index contributed by atoms with van der Waals surface area (Å²) in [5.41, 5.74) is 0. The van der Waals surface area contributed by atoms with E-state index in [0.29, 0.717) is 12.3 Å². The van der Waals surface area contributed by atoms with Gasteiger partial charge >= 0.3 is 5.97 Å². The van der Waals surface area contributed by atoms with E-state index in [0.717, 1.165) is 0 Å². The van der Waals surface area contributed by atoms with Crippen molar-refractivity contribution in [3.05, 3.63) is 0 Å². The van der Waals surface area contributed by atoms with E-state index in [1.54, 1.807) is 0 Å².